The van der Waals surface area contributed by atoms with E-state index >= 15 is 0 Å². The van der Waals surface area contributed by atoms with E-state index in [1.807, 2.05) is 36.0 Å². The maximum absolute atomic E-state index is 13.4. The number of nitrogens with zero attached hydrogens (tertiary/aromatic N) is 2. The highest BCUT2D eigenvalue weighted by molar-refractivity contribution is 8.00. The summed E-state index contributed by atoms with van der Waals surface area (Å²) in [5, 5.41) is 0.480. The number of rotatable bonds is 8. The summed E-state index contributed by atoms with van der Waals surface area (Å²) in [5.74, 6) is 1.02. The Kier molecular flexibility index (Phi) is 6.23. The Labute approximate surface area is 171 Å². The van der Waals surface area contributed by atoms with E-state index in [1.165, 1.54) is 11.1 Å². The van der Waals surface area contributed by atoms with Crippen molar-refractivity contribution in [1.29, 1.82) is 0 Å². The molecule has 0 saturated carbocycles. The lowest BCUT2D eigenvalue weighted by Gasteiger charge is -2.27. The van der Waals surface area contributed by atoms with Crippen LogP contribution in [-0.4, -0.2) is 52.6 Å². The van der Waals surface area contributed by atoms with Crippen LogP contribution in [0, 0.1) is 0 Å². The first kappa shape index (κ1) is 19.3. The van der Waals surface area contributed by atoms with Gasteiger partial charge in [-0.15, -0.1) is 0 Å². The predicted octanol–water partition coefficient (Wildman–Crippen LogP) is 4.40. The fourth-order valence-electron chi connectivity index (χ4n) is 4.39. The summed E-state index contributed by atoms with van der Waals surface area (Å²) in [6, 6.07) is 21.4. The van der Waals surface area contributed by atoms with Gasteiger partial charge in [0.15, 0.2) is 0 Å². The molecule has 0 radical (unpaired) electrons. The van der Waals surface area contributed by atoms with Gasteiger partial charge in [-0.25, -0.2) is 4.79 Å². The van der Waals surface area contributed by atoms with Crippen molar-refractivity contribution < 1.29 is 9.53 Å². The molecule has 4 nitrogen and oxygen atoms in total. The Morgan fingerprint density at radius 2 is 1.57 bits per heavy atom. The predicted molar refractivity (Wildman–Crippen MR) is 114 cm³/mol. The molecular weight excluding hydrogens is 368 g/mol. The quantitative estimate of drug-likeness (QED) is 0.490. The van der Waals surface area contributed by atoms with Crippen molar-refractivity contribution in [3.05, 3.63) is 71.8 Å². The average molecular weight is 397 g/mol. The van der Waals surface area contributed by atoms with Crippen molar-refractivity contribution in [2.45, 2.75) is 43.3 Å². The summed E-state index contributed by atoms with van der Waals surface area (Å²) in [6.07, 6.45) is 2.14. The van der Waals surface area contributed by atoms with Crippen LogP contribution in [-0.2, 0) is 17.8 Å². The van der Waals surface area contributed by atoms with Gasteiger partial charge in [0.05, 0.1) is 12.1 Å². The Morgan fingerprint density at radius 3 is 2.18 bits per heavy atom. The van der Waals surface area contributed by atoms with Crippen LogP contribution in [0.4, 0.5) is 4.79 Å². The van der Waals surface area contributed by atoms with Gasteiger partial charge in [-0.05, 0) is 24.0 Å². The normalized spacial score (nSPS) is 24.0. The summed E-state index contributed by atoms with van der Waals surface area (Å²) in [5.41, 5.74) is 2.40. The Balaban J connectivity index is 1.56. The third kappa shape index (κ3) is 4.06. The van der Waals surface area contributed by atoms with Gasteiger partial charge in [-0.1, -0.05) is 60.7 Å². The van der Waals surface area contributed by atoms with Crippen LogP contribution in [0.3, 0.4) is 0 Å². The lowest BCUT2D eigenvalue weighted by Crippen LogP contribution is -2.40. The van der Waals surface area contributed by atoms with Gasteiger partial charge in [-0.2, -0.15) is 11.8 Å². The van der Waals surface area contributed by atoms with E-state index in [-0.39, 0.29) is 18.1 Å². The summed E-state index contributed by atoms with van der Waals surface area (Å²) < 4.78 is 5.26. The molecule has 0 N–H and O–H groups in total. The molecule has 2 aliphatic rings. The molecule has 0 aliphatic carbocycles. The van der Waals surface area contributed by atoms with Gasteiger partial charge >= 0.3 is 6.03 Å². The van der Waals surface area contributed by atoms with Crippen LogP contribution in [0.25, 0.3) is 0 Å². The van der Waals surface area contributed by atoms with Gasteiger partial charge in [-0.3, -0.25) is 0 Å². The Bertz CT molecular complexity index is 771. The van der Waals surface area contributed by atoms with Gasteiger partial charge in [0, 0.05) is 37.8 Å². The second-order valence-corrected chi connectivity index (χ2v) is 8.85. The maximum atomic E-state index is 13.4. The van der Waals surface area contributed by atoms with E-state index in [0.717, 1.165) is 25.2 Å². The fourth-order valence-corrected chi connectivity index (χ4v) is 6.07. The zero-order valence-electron chi connectivity index (χ0n) is 16.4. The molecule has 2 heterocycles. The maximum Gasteiger partial charge on any atom is 0.321 e. The fraction of sp³-hybridized carbons (Fsp3) is 0.435. The largest absolute Gasteiger partial charge is 0.385 e. The molecule has 2 aromatic carbocycles. The summed E-state index contributed by atoms with van der Waals surface area (Å²) in [4.78, 5) is 17.7. The van der Waals surface area contributed by atoms with Gasteiger partial charge in [0.1, 0.15) is 0 Å². The molecule has 0 aromatic heterocycles. The minimum absolute atomic E-state index is 0.180. The molecule has 0 spiro atoms. The number of carbonyl (C=O) groups excluding carboxylic acids is 1. The molecule has 148 valence electrons. The first-order chi connectivity index (χ1) is 13.8. The molecule has 2 aromatic rings. The minimum atomic E-state index is 0.180. The van der Waals surface area contributed by atoms with Crippen LogP contribution in [0.1, 0.15) is 24.0 Å². The number of thioether (sulfide) groups is 1. The van der Waals surface area contributed by atoms with Crippen molar-refractivity contribution in [3.63, 3.8) is 0 Å². The smallest absolute Gasteiger partial charge is 0.321 e. The monoisotopic (exact) mass is 396 g/mol. The highest BCUT2D eigenvalue weighted by Crippen LogP contribution is 2.42. The molecule has 2 amide bonds. The van der Waals surface area contributed by atoms with E-state index in [4.69, 9.17) is 4.74 Å². The molecular formula is C23H28N2O2S. The van der Waals surface area contributed by atoms with Crippen molar-refractivity contribution in [2.24, 2.45) is 0 Å². The van der Waals surface area contributed by atoms with E-state index in [0.29, 0.717) is 18.3 Å². The number of carbonyl (C=O) groups is 1. The zero-order chi connectivity index (χ0) is 19.3. The number of ether oxygens (including phenoxy) is 1. The van der Waals surface area contributed by atoms with Crippen molar-refractivity contribution >= 4 is 17.8 Å². The summed E-state index contributed by atoms with van der Waals surface area (Å²) in [6.45, 7) is 2.17. The molecule has 5 heteroatoms. The lowest BCUT2D eigenvalue weighted by molar-refractivity contribution is 0.177. The zero-order valence-corrected chi connectivity index (χ0v) is 17.2. The molecule has 2 saturated heterocycles. The molecule has 2 fully saturated rings. The van der Waals surface area contributed by atoms with E-state index in [1.54, 1.807) is 7.11 Å². The second-order valence-electron chi connectivity index (χ2n) is 7.57. The van der Waals surface area contributed by atoms with Crippen LogP contribution < -0.4 is 0 Å². The van der Waals surface area contributed by atoms with E-state index < -0.39 is 0 Å². The average Bonchev–Trinajstić information content (AvgIpc) is 3.24. The van der Waals surface area contributed by atoms with Gasteiger partial charge < -0.3 is 14.5 Å². The second kappa shape index (κ2) is 9.01. The van der Waals surface area contributed by atoms with Crippen molar-refractivity contribution in [3.8, 4) is 0 Å². The highest BCUT2D eigenvalue weighted by Gasteiger charge is 2.52. The summed E-state index contributed by atoms with van der Waals surface area (Å²) >= 11 is 2.02. The van der Waals surface area contributed by atoms with E-state index in [9.17, 15) is 4.79 Å². The van der Waals surface area contributed by atoms with Gasteiger partial charge in [0.25, 0.3) is 0 Å². The first-order valence-corrected chi connectivity index (χ1v) is 11.1. The van der Waals surface area contributed by atoms with Crippen LogP contribution in [0.15, 0.2) is 60.7 Å². The molecule has 1 unspecified atom stereocenters. The number of urea groups is 1. The van der Waals surface area contributed by atoms with Crippen LogP contribution in [0.5, 0.6) is 0 Å². The number of hydrogen-bond acceptors (Lipinski definition) is 3. The molecule has 2 aliphatic heterocycles. The standard InChI is InChI=1S/C23H28N2O2S/c1-27-14-8-13-21-22-20(17-28-21)24(15-18-9-4-2-5-10-18)23(26)25(22)16-19-11-6-3-7-12-19/h2-7,9-12,20-22H,8,13-17H2,1H3/t20-,21-,22?/m0/s1. The molecule has 4 rings (SSSR count). The summed E-state index contributed by atoms with van der Waals surface area (Å²) in [7, 11) is 1.76. The number of hydrogen-bond donors (Lipinski definition) is 0. The first-order valence-electron chi connectivity index (χ1n) is 10.0. The lowest BCUT2D eigenvalue weighted by atomic mass is 10.0. The number of amides is 2. The third-order valence-corrected chi connectivity index (χ3v) is 7.21. The van der Waals surface area contributed by atoms with Crippen molar-refractivity contribution in [2.75, 3.05) is 19.5 Å². The van der Waals surface area contributed by atoms with Crippen molar-refractivity contribution in [1.82, 2.24) is 9.80 Å². The van der Waals surface area contributed by atoms with E-state index in [2.05, 4.69) is 46.2 Å². The van der Waals surface area contributed by atoms with Crippen LogP contribution in [0.2, 0.25) is 0 Å². The SMILES string of the molecule is COCCC[C@@H]1SC[C@H]2C1N(Cc1ccccc1)C(=O)N2Cc1ccccc1. The molecule has 3 atom stereocenters. The van der Waals surface area contributed by atoms with Gasteiger partial charge in [0.2, 0.25) is 0 Å². The minimum Gasteiger partial charge on any atom is -0.385 e. The Hall–Kier alpha value is -1.98. The number of methoxy groups -OCH3 is 1. The molecule has 28 heavy (non-hydrogen) atoms. The number of fused-ring (bicyclic) bond motifs is 1. The third-order valence-electron chi connectivity index (χ3n) is 5.74. The number of benzene rings is 2. The topological polar surface area (TPSA) is 32.8 Å². The highest BCUT2D eigenvalue weighted by atomic mass is 32.2. The Morgan fingerprint density at radius 1 is 0.964 bits per heavy atom. The van der Waals surface area contributed by atoms with Crippen LogP contribution >= 0.6 is 11.8 Å². The molecule has 0 bridgehead atoms.